The second-order valence-corrected chi connectivity index (χ2v) is 11.1. The Balaban J connectivity index is 1.68. The van der Waals surface area contributed by atoms with Crippen molar-refractivity contribution in [2.24, 2.45) is 0 Å². The zero-order valence-electron chi connectivity index (χ0n) is 22.2. The lowest BCUT2D eigenvalue weighted by Gasteiger charge is -2.16. The average Bonchev–Trinajstić information content (AvgIpc) is 3.52. The minimum Gasteiger partial charge on any atom is -0.492 e. The van der Waals surface area contributed by atoms with Crippen molar-refractivity contribution < 1.29 is 35.9 Å². The highest BCUT2D eigenvalue weighted by Gasteiger charge is 2.37. The molecule has 42 heavy (non-hydrogen) atoms. The van der Waals surface area contributed by atoms with E-state index in [0.717, 1.165) is 11.8 Å². The minimum atomic E-state index is -4.99. The van der Waals surface area contributed by atoms with Crippen molar-refractivity contribution in [3.63, 3.8) is 0 Å². The first-order valence-corrected chi connectivity index (χ1v) is 13.6. The molecule has 2 aromatic carbocycles. The summed E-state index contributed by atoms with van der Waals surface area (Å²) in [5, 5.41) is 13.6. The third-order valence-corrected chi connectivity index (χ3v) is 7.44. The van der Waals surface area contributed by atoms with E-state index in [1.165, 1.54) is 29.2 Å². The summed E-state index contributed by atoms with van der Waals surface area (Å²) in [6, 6.07) is 5.61. The van der Waals surface area contributed by atoms with E-state index in [4.69, 9.17) is 17.0 Å². The number of nitrogens with zero attached hydrogens (tertiary/aromatic N) is 5. The van der Waals surface area contributed by atoms with Gasteiger partial charge in [0.2, 0.25) is 0 Å². The number of halogens is 6. The molecule has 2 heterocycles. The number of carbonyl (C=O) groups is 1. The molecule has 1 fully saturated rings. The second-order valence-electron chi connectivity index (χ2n) is 9.46. The van der Waals surface area contributed by atoms with Gasteiger partial charge in [-0.05, 0) is 68.1 Å². The number of ether oxygens (including phenoxy) is 1. The monoisotopic (exact) mass is 630 g/mol. The smallest absolute Gasteiger partial charge is 0.416 e. The largest absolute Gasteiger partial charge is 0.492 e. The molecule has 1 amide bonds. The summed E-state index contributed by atoms with van der Waals surface area (Å²) in [5.74, 6) is 0.391. The molecule has 4 rings (SSSR count). The van der Waals surface area contributed by atoms with Gasteiger partial charge in [0, 0.05) is 25.1 Å². The Morgan fingerprint density at radius 1 is 1.05 bits per heavy atom. The number of aromatic amines is 1. The van der Waals surface area contributed by atoms with E-state index in [2.05, 4.69) is 20.6 Å². The second kappa shape index (κ2) is 12.8. The van der Waals surface area contributed by atoms with Gasteiger partial charge in [-0.1, -0.05) is 35.3 Å². The Hall–Kier alpha value is -3.50. The van der Waals surface area contributed by atoms with Crippen LogP contribution in [-0.4, -0.2) is 74.4 Å². The number of aryl methyl sites for hydroxylation is 1. The molecule has 224 valence electrons. The van der Waals surface area contributed by atoms with E-state index in [0.29, 0.717) is 53.0 Å². The number of hydrogen-bond acceptors (Lipinski definition) is 8. The van der Waals surface area contributed by atoms with Gasteiger partial charge in [0.15, 0.2) is 5.82 Å². The molecule has 0 atom stereocenters. The Morgan fingerprint density at radius 2 is 1.74 bits per heavy atom. The zero-order chi connectivity index (χ0) is 30.7. The molecule has 0 saturated carbocycles. The Kier molecular flexibility index (Phi) is 9.57. The fraction of sp³-hybridized carbons (Fsp3) is 0.346. The van der Waals surface area contributed by atoms with Gasteiger partial charge < -0.3 is 9.64 Å². The van der Waals surface area contributed by atoms with E-state index in [1.807, 2.05) is 19.0 Å². The minimum absolute atomic E-state index is 0.0766. The Labute approximate surface area is 246 Å². The number of likely N-dealkylation sites (N-methyl/N-ethyl adjacent to an activating group) is 1. The molecular formula is C26H24F6N6O2S2. The predicted octanol–water partition coefficient (Wildman–Crippen LogP) is 5.68. The summed E-state index contributed by atoms with van der Waals surface area (Å²) in [6.07, 6.45) is -7.55. The van der Waals surface area contributed by atoms with Crippen LogP contribution in [-0.2, 0) is 23.6 Å². The highest BCUT2D eigenvalue weighted by Crippen LogP contribution is 2.40. The summed E-state index contributed by atoms with van der Waals surface area (Å²) < 4.78 is 87.1. The van der Waals surface area contributed by atoms with Gasteiger partial charge in [-0.2, -0.15) is 31.6 Å². The summed E-state index contributed by atoms with van der Waals surface area (Å²) in [5.41, 5.74) is -2.78. The van der Waals surface area contributed by atoms with Crippen molar-refractivity contribution in [2.75, 3.05) is 33.8 Å². The highest BCUT2D eigenvalue weighted by atomic mass is 32.2. The number of thioether (sulfide) groups is 1. The number of thiocarbonyl (C=S) groups is 1. The average molecular weight is 631 g/mol. The van der Waals surface area contributed by atoms with Gasteiger partial charge in [-0.25, -0.2) is 0 Å². The molecule has 3 aromatic rings. The fourth-order valence-electron chi connectivity index (χ4n) is 3.95. The van der Waals surface area contributed by atoms with Crippen LogP contribution in [0.1, 0.15) is 28.9 Å². The number of amides is 1. The maximum atomic E-state index is 13.5. The first-order chi connectivity index (χ1) is 19.7. The molecule has 0 unspecified atom stereocenters. The number of rotatable bonds is 10. The molecule has 1 aliphatic rings. The van der Waals surface area contributed by atoms with Crippen molar-refractivity contribution in [3.8, 4) is 16.9 Å². The third kappa shape index (κ3) is 7.86. The normalized spacial score (nSPS) is 15.4. The van der Waals surface area contributed by atoms with Crippen LogP contribution in [0.2, 0.25) is 0 Å². The van der Waals surface area contributed by atoms with Gasteiger partial charge >= 0.3 is 12.4 Å². The fourth-order valence-corrected chi connectivity index (χ4v) is 5.25. The number of hydrogen-bond donors (Lipinski definition) is 1. The third-order valence-electron chi connectivity index (χ3n) is 6.06. The van der Waals surface area contributed by atoms with E-state index >= 15 is 0 Å². The molecule has 0 bridgehead atoms. The van der Waals surface area contributed by atoms with E-state index in [-0.39, 0.29) is 41.2 Å². The molecule has 1 aliphatic heterocycles. The molecule has 0 spiro atoms. The standard InChI is InChI=1S/C26H24F6N6O2S2/c1-37(2)8-9-40-20-6-5-15(16-11-18(25(27,28)29)14-19(12-16)26(30,31)32)10-17(20)13-21-23(39)38(24(41)42-21)7-3-4-22-33-35-36-34-22/h5-6,10-14H,3-4,7-9H2,1-2H3,(H,33,34,35,36). The molecule has 1 saturated heterocycles. The lowest BCUT2D eigenvalue weighted by atomic mass is 9.97. The van der Waals surface area contributed by atoms with Crippen molar-refractivity contribution >= 4 is 40.3 Å². The van der Waals surface area contributed by atoms with Gasteiger partial charge in [-0.3, -0.25) is 9.69 Å². The molecule has 0 radical (unpaired) electrons. The molecule has 16 heteroatoms. The number of alkyl halides is 6. The molecule has 1 N–H and O–H groups in total. The number of H-pyrrole nitrogens is 1. The van der Waals surface area contributed by atoms with E-state index < -0.39 is 23.5 Å². The lowest BCUT2D eigenvalue weighted by Crippen LogP contribution is -2.29. The molecule has 8 nitrogen and oxygen atoms in total. The van der Waals surface area contributed by atoms with Crippen molar-refractivity contribution in [2.45, 2.75) is 25.2 Å². The van der Waals surface area contributed by atoms with Gasteiger partial charge in [0.25, 0.3) is 5.91 Å². The van der Waals surface area contributed by atoms with Gasteiger partial charge in [-0.15, -0.1) is 10.2 Å². The van der Waals surface area contributed by atoms with E-state index in [9.17, 15) is 31.1 Å². The van der Waals surface area contributed by atoms with Crippen LogP contribution in [0.15, 0.2) is 41.3 Å². The topological polar surface area (TPSA) is 87.2 Å². The van der Waals surface area contributed by atoms with E-state index in [1.54, 1.807) is 0 Å². The lowest BCUT2D eigenvalue weighted by molar-refractivity contribution is -0.143. The van der Waals surface area contributed by atoms with Crippen LogP contribution in [0.5, 0.6) is 5.75 Å². The van der Waals surface area contributed by atoms with Crippen LogP contribution >= 0.6 is 24.0 Å². The summed E-state index contributed by atoms with van der Waals surface area (Å²) in [6.45, 7) is 1.06. The molecular weight excluding hydrogens is 606 g/mol. The summed E-state index contributed by atoms with van der Waals surface area (Å²) >= 11 is 6.42. The number of benzene rings is 2. The zero-order valence-corrected chi connectivity index (χ0v) is 23.8. The Bertz CT molecular complexity index is 1440. The van der Waals surface area contributed by atoms with Crippen LogP contribution in [0.3, 0.4) is 0 Å². The van der Waals surface area contributed by atoms with Crippen LogP contribution < -0.4 is 4.74 Å². The highest BCUT2D eigenvalue weighted by molar-refractivity contribution is 8.26. The van der Waals surface area contributed by atoms with Crippen molar-refractivity contribution in [1.29, 1.82) is 0 Å². The molecule has 1 aromatic heterocycles. The van der Waals surface area contributed by atoms with Crippen LogP contribution in [0.25, 0.3) is 17.2 Å². The Morgan fingerprint density at radius 3 is 2.33 bits per heavy atom. The van der Waals surface area contributed by atoms with Gasteiger partial charge in [0.05, 0.1) is 16.0 Å². The quantitative estimate of drug-likeness (QED) is 0.174. The van der Waals surface area contributed by atoms with Crippen molar-refractivity contribution in [1.82, 2.24) is 30.4 Å². The predicted molar refractivity (Wildman–Crippen MR) is 148 cm³/mol. The number of aromatic nitrogens is 4. The number of tetrazole rings is 1. The van der Waals surface area contributed by atoms with Gasteiger partial charge in [0.1, 0.15) is 16.7 Å². The maximum absolute atomic E-state index is 13.5. The van der Waals surface area contributed by atoms with Crippen molar-refractivity contribution in [3.05, 3.63) is 63.8 Å². The first kappa shape index (κ1) is 31.4. The SMILES string of the molecule is CN(C)CCOc1ccc(-c2cc(C(F)(F)F)cc(C(F)(F)F)c2)cc1C=C1SC(=S)N(CCCc2nn[nH]n2)C1=O. The number of nitrogens with one attached hydrogen (secondary N) is 1. The number of carbonyl (C=O) groups excluding carboxylic acids is 1. The summed E-state index contributed by atoms with van der Waals surface area (Å²) in [4.78, 5) is 16.7. The first-order valence-electron chi connectivity index (χ1n) is 12.4. The maximum Gasteiger partial charge on any atom is 0.416 e. The molecule has 0 aliphatic carbocycles. The van der Waals surface area contributed by atoms with Crippen LogP contribution in [0.4, 0.5) is 26.3 Å². The van der Waals surface area contributed by atoms with Crippen LogP contribution in [0, 0.1) is 0 Å². The summed E-state index contributed by atoms with van der Waals surface area (Å²) in [7, 11) is 3.67.